The summed E-state index contributed by atoms with van der Waals surface area (Å²) in [6, 6.07) is 8.14. The van der Waals surface area contributed by atoms with Crippen molar-refractivity contribution in [3.63, 3.8) is 0 Å². The Morgan fingerprint density at radius 3 is 2.03 bits per heavy atom. The second kappa shape index (κ2) is 11.5. The Labute approximate surface area is 192 Å². The number of allylic oxidation sites excluding steroid dienone is 4. The van der Waals surface area contributed by atoms with Crippen LogP contribution in [0.15, 0.2) is 47.6 Å². The Balaban J connectivity index is 2.04. The lowest BCUT2D eigenvalue weighted by molar-refractivity contribution is 0.103. The molecule has 2 aromatic rings. The van der Waals surface area contributed by atoms with Crippen molar-refractivity contribution < 1.29 is 19.7 Å². The van der Waals surface area contributed by atoms with Crippen LogP contribution in [0.1, 0.15) is 64.5 Å². The minimum Gasteiger partial charge on any atom is -0.490 e. The summed E-state index contributed by atoms with van der Waals surface area (Å²) in [5.41, 5.74) is 5.04. The Bertz CT molecular complexity index is 969. The summed E-state index contributed by atoms with van der Waals surface area (Å²) in [6.07, 6.45) is 8.61. The predicted octanol–water partition coefficient (Wildman–Crippen LogP) is 5.91. The molecule has 0 saturated heterocycles. The van der Waals surface area contributed by atoms with E-state index in [0.29, 0.717) is 12.8 Å². The van der Waals surface area contributed by atoms with Gasteiger partial charge in [0.25, 0.3) is 0 Å². The molecule has 2 atom stereocenters. The van der Waals surface area contributed by atoms with Gasteiger partial charge in [-0.1, -0.05) is 61.4 Å². The molecule has 4 nitrogen and oxygen atoms in total. The van der Waals surface area contributed by atoms with E-state index >= 15 is 0 Å². The van der Waals surface area contributed by atoms with Gasteiger partial charge in [0, 0.05) is 21.9 Å². The molecule has 0 heterocycles. The summed E-state index contributed by atoms with van der Waals surface area (Å²) in [4.78, 5) is 0. The molecule has 4 heteroatoms. The van der Waals surface area contributed by atoms with Gasteiger partial charge in [0.1, 0.15) is 24.7 Å². The van der Waals surface area contributed by atoms with Gasteiger partial charge in [-0.05, 0) is 52.4 Å². The third-order valence-electron chi connectivity index (χ3n) is 6.13. The van der Waals surface area contributed by atoms with Crippen LogP contribution in [0.5, 0.6) is 11.5 Å². The van der Waals surface area contributed by atoms with Crippen molar-refractivity contribution in [2.24, 2.45) is 0 Å². The van der Waals surface area contributed by atoms with E-state index in [4.69, 9.17) is 9.47 Å². The molecule has 0 aliphatic heterocycles. The highest BCUT2D eigenvalue weighted by Gasteiger charge is 2.25. The van der Waals surface area contributed by atoms with Crippen molar-refractivity contribution in [2.75, 3.05) is 13.2 Å². The number of hydrogen-bond donors (Lipinski definition) is 2. The maximum atomic E-state index is 10.1. The number of rotatable bonds is 11. The molecular formula is C28H38O4. The summed E-state index contributed by atoms with van der Waals surface area (Å²) >= 11 is 0. The van der Waals surface area contributed by atoms with E-state index in [1.807, 2.05) is 26.0 Å². The Morgan fingerprint density at radius 2 is 1.50 bits per heavy atom. The van der Waals surface area contributed by atoms with Crippen molar-refractivity contribution in [3.8, 4) is 11.5 Å². The highest BCUT2D eigenvalue weighted by atomic mass is 16.5. The number of fused-ring (bicyclic) bond motifs is 2. The molecule has 0 aromatic heterocycles. The van der Waals surface area contributed by atoms with Gasteiger partial charge < -0.3 is 19.7 Å². The van der Waals surface area contributed by atoms with Gasteiger partial charge in [-0.15, -0.1) is 0 Å². The molecule has 1 aliphatic rings. The van der Waals surface area contributed by atoms with Gasteiger partial charge in [0.15, 0.2) is 0 Å². The SMILES string of the molecule is CCC(O)COc1c2c(c(OCC(O)CC)c3ccccc13)CC(CCC=C(C)C)=CC2. The van der Waals surface area contributed by atoms with Crippen LogP contribution >= 0.6 is 0 Å². The average molecular weight is 439 g/mol. The van der Waals surface area contributed by atoms with E-state index in [9.17, 15) is 10.2 Å². The molecule has 0 amide bonds. The lowest BCUT2D eigenvalue weighted by atomic mass is 9.85. The van der Waals surface area contributed by atoms with Gasteiger partial charge in [-0.3, -0.25) is 0 Å². The van der Waals surface area contributed by atoms with Crippen LogP contribution in [0.4, 0.5) is 0 Å². The van der Waals surface area contributed by atoms with Crippen molar-refractivity contribution in [1.82, 2.24) is 0 Å². The average Bonchev–Trinajstić information content (AvgIpc) is 2.80. The fraction of sp³-hybridized carbons (Fsp3) is 0.500. The number of aliphatic hydroxyl groups excluding tert-OH is 2. The summed E-state index contributed by atoms with van der Waals surface area (Å²) in [6.45, 7) is 8.74. The van der Waals surface area contributed by atoms with Crippen LogP contribution < -0.4 is 9.47 Å². The fourth-order valence-electron chi connectivity index (χ4n) is 4.09. The van der Waals surface area contributed by atoms with E-state index in [0.717, 1.165) is 59.1 Å². The minimum atomic E-state index is -0.490. The summed E-state index contributed by atoms with van der Waals surface area (Å²) in [7, 11) is 0. The number of aliphatic hydroxyl groups is 2. The van der Waals surface area contributed by atoms with Crippen molar-refractivity contribution in [3.05, 3.63) is 58.7 Å². The van der Waals surface area contributed by atoms with E-state index < -0.39 is 12.2 Å². The zero-order valence-corrected chi connectivity index (χ0v) is 20.0. The van der Waals surface area contributed by atoms with E-state index in [2.05, 4.69) is 38.1 Å². The van der Waals surface area contributed by atoms with Gasteiger partial charge in [0.2, 0.25) is 0 Å². The van der Waals surface area contributed by atoms with Crippen molar-refractivity contribution in [2.45, 2.75) is 78.4 Å². The van der Waals surface area contributed by atoms with Crippen LogP contribution in [-0.4, -0.2) is 35.6 Å². The molecule has 174 valence electrons. The molecule has 0 spiro atoms. The zero-order chi connectivity index (χ0) is 23.1. The molecule has 0 saturated carbocycles. The largest absolute Gasteiger partial charge is 0.490 e. The Kier molecular flexibility index (Phi) is 8.77. The molecule has 0 fully saturated rings. The second-order valence-electron chi connectivity index (χ2n) is 8.97. The number of benzene rings is 2. The minimum absolute atomic E-state index is 0.276. The molecule has 1 aliphatic carbocycles. The monoisotopic (exact) mass is 438 g/mol. The third-order valence-corrected chi connectivity index (χ3v) is 6.13. The van der Waals surface area contributed by atoms with Crippen LogP contribution in [0.3, 0.4) is 0 Å². The first kappa shape index (κ1) is 24.3. The van der Waals surface area contributed by atoms with Gasteiger partial charge >= 0.3 is 0 Å². The molecule has 3 rings (SSSR count). The van der Waals surface area contributed by atoms with E-state index in [1.165, 1.54) is 11.1 Å². The van der Waals surface area contributed by atoms with Gasteiger partial charge in [-0.2, -0.15) is 0 Å². The first-order valence-corrected chi connectivity index (χ1v) is 11.9. The van der Waals surface area contributed by atoms with Crippen LogP contribution in [0.2, 0.25) is 0 Å². The quantitative estimate of drug-likeness (QED) is 0.428. The summed E-state index contributed by atoms with van der Waals surface area (Å²) < 4.78 is 12.5. The molecule has 0 radical (unpaired) electrons. The fourth-order valence-corrected chi connectivity index (χ4v) is 4.09. The normalized spacial score (nSPS) is 15.0. The van der Waals surface area contributed by atoms with E-state index in [1.54, 1.807) is 0 Å². The smallest absolute Gasteiger partial charge is 0.131 e. The molecule has 0 bridgehead atoms. The van der Waals surface area contributed by atoms with Gasteiger partial charge in [-0.25, -0.2) is 0 Å². The third kappa shape index (κ3) is 5.93. The summed E-state index contributed by atoms with van der Waals surface area (Å²) in [5, 5.41) is 22.3. The number of hydrogen-bond acceptors (Lipinski definition) is 4. The lowest BCUT2D eigenvalue weighted by Crippen LogP contribution is -2.20. The second-order valence-corrected chi connectivity index (χ2v) is 8.97. The highest BCUT2D eigenvalue weighted by Crippen LogP contribution is 2.44. The Morgan fingerprint density at radius 1 is 0.938 bits per heavy atom. The maximum Gasteiger partial charge on any atom is 0.131 e. The highest BCUT2D eigenvalue weighted by molar-refractivity contribution is 5.96. The Hall–Kier alpha value is -2.30. The number of ether oxygens (including phenoxy) is 2. The standard InChI is InChI=1S/C28H38O4/c1-5-21(29)17-31-27-23-12-7-8-13-24(23)28(32-18-22(30)6-2)26-16-20(14-15-25(26)27)11-9-10-19(3)4/h7-8,10,12-14,21-22,29-30H,5-6,9,11,15-18H2,1-4H3. The zero-order valence-electron chi connectivity index (χ0n) is 20.0. The van der Waals surface area contributed by atoms with Crippen LogP contribution in [-0.2, 0) is 12.8 Å². The molecule has 2 unspecified atom stereocenters. The lowest BCUT2D eigenvalue weighted by Gasteiger charge is -2.26. The van der Waals surface area contributed by atoms with E-state index in [-0.39, 0.29) is 13.2 Å². The topological polar surface area (TPSA) is 58.9 Å². The molecule has 2 N–H and O–H groups in total. The van der Waals surface area contributed by atoms with Crippen LogP contribution in [0, 0.1) is 0 Å². The molecule has 2 aromatic carbocycles. The van der Waals surface area contributed by atoms with Crippen LogP contribution in [0.25, 0.3) is 10.8 Å². The first-order chi connectivity index (χ1) is 15.4. The van der Waals surface area contributed by atoms with Gasteiger partial charge in [0.05, 0.1) is 12.2 Å². The first-order valence-electron chi connectivity index (χ1n) is 11.9. The van der Waals surface area contributed by atoms with Crippen molar-refractivity contribution in [1.29, 1.82) is 0 Å². The maximum absolute atomic E-state index is 10.1. The summed E-state index contributed by atoms with van der Waals surface area (Å²) in [5.74, 6) is 1.71. The predicted molar refractivity (Wildman–Crippen MR) is 132 cm³/mol. The van der Waals surface area contributed by atoms with Crippen molar-refractivity contribution >= 4 is 10.8 Å². The molecular weight excluding hydrogens is 400 g/mol. The molecule has 32 heavy (non-hydrogen) atoms.